The lowest BCUT2D eigenvalue weighted by Crippen LogP contribution is -2.20. The van der Waals surface area contributed by atoms with Gasteiger partial charge in [-0.25, -0.2) is 4.68 Å². The molecule has 0 aliphatic carbocycles. The van der Waals surface area contributed by atoms with E-state index in [9.17, 15) is 0 Å². The van der Waals surface area contributed by atoms with Gasteiger partial charge in [-0.05, 0) is 29.3 Å². The highest BCUT2D eigenvalue weighted by atomic mass is 35.5. The predicted octanol–water partition coefficient (Wildman–Crippen LogP) is 3.99. The van der Waals surface area contributed by atoms with E-state index in [1.165, 1.54) is 5.56 Å². The summed E-state index contributed by atoms with van der Waals surface area (Å²) in [6.45, 7) is 0. The molecule has 1 N–H and O–H groups in total. The number of fused-ring (bicyclic) bond motifs is 1. The number of allylic oxidation sites excluding steroid dienone is 1. The molecule has 5 heteroatoms. The topological polar surface area (TPSA) is 42.7 Å². The van der Waals surface area contributed by atoms with Gasteiger partial charge in [-0.3, -0.25) is 0 Å². The van der Waals surface area contributed by atoms with Crippen molar-refractivity contribution in [3.8, 4) is 0 Å². The summed E-state index contributed by atoms with van der Waals surface area (Å²) in [5, 5.41) is 8.38. The van der Waals surface area contributed by atoms with Crippen LogP contribution < -0.4 is 5.32 Å². The van der Waals surface area contributed by atoms with Gasteiger partial charge in [0.15, 0.2) is 0 Å². The van der Waals surface area contributed by atoms with E-state index in [1.54, 1.807) is 6.33 Å². The van der Waals surface area contributed by atoms with Crippen LogP contribution in [0.25, 0.3) is 5.70 Å². The molecule has 1 aromatic heterocycles. The van der Waals surface area contributed by atoms with Gasteiger partial charge < -0.3 is 5.32 Å². The Kier molecular flexibility index (Phi) is 3.16. The van der Waals surface area contributed by atoms with Crippen LogP contribution in [0.5, 0.6) is 0 Å². The Morgan fingerprint density at radius 1 is 1.00 bits per heavy atom. The number of aromatic nitrogens is 3. The average molecular weight is 309 g/mol. The number of nitrogens with zero attached hydrogens (tertiary/aromatic N) is 3. The second-order valence-corrected chi connectivity index (χ2v) is 5.53. The quantitative estimate of drug-likeness (QED) is 0.778. The molecule has 0 amide bonds. The van der Waals surface area contributed by atoms with Crippen LogP contribution in [0.3, 0.4) is 0 Å². The Bertz CT molecular complexity index is 821. The highest BCUT2D eigenvalue weighted by Gasteiger charge is 2.23. The zero-order chi connectivity index (χ0) is 14.9. The first-order chi connectivity index (χ1) is 10.8. The molecule has 0 bridgehead atoms. The van der Waals surface area contributed by atoms with Crippen molar-refractivity contribution in [1.29, 1.82) is 0 Å². The molecule has 0 saturated heterocycles. The standard InChI is InChI=1S/C17H13ClN4/c18-14-8-6-12(7-9-14)15-10-16(13-4-2-1-3-5-13)22-17(21-15)19-11-20-22/h1-11,16H,(H,19,20,21)/t16-/m1/s1. The van der Waals surface area contributed by atoms with Crippen LogP contribution in [0.2, 0.25) is 5.02 Å². The fourth-order valence-electron chi connectivity index (χ4n) is 2.62. The first-order valence-electron chi connectivity index (χ1n) is 7.00. The maximum Gasteiger partial charge on any atom is 0.226 e. The van der Waals surface area contributed by atoms with Crippen LogP contribution in [0.4, 0.5) is 5.95 Å². The lowest BCUT2D eigenvalue weighted by Gasteiger charge is -2.24. The molecule has 4 nitrogen and oxygen atoms in total. The van der Waals surface area contributed by atoms with E-state index in [4.69, 9.17) is 11.6 Å². The van der Waals surface area contributed by atoms with Crippen molar-refractivity contribution in [2.24, 2.45) is 0 Å². The van der Waals surface area contributed by atoms with E-state index in [0.717, 1.165) is 22.2 Å². The van der Waals surface area contributed by atoms with E-state index in [1.807, 2.05) is 47.1 Å². The number of anilines is 1. The van der Waals surface area contributed by atoms with Crippen LogP contribution in [0.1, 0.15) is 17.2 Å². The molecule has 0 radical (unpaired) electrons. The van der Waals surface area contributed by atoms with E-state index < -0.39 is 0 Å². The van der Waals surface area contributed by atoms with Gasteiger partial charge in [0.25, 0.3) is 0 Å². The molecule has 4 rings (SSSR count). The van der Waals surface area contributed by atoms with Crippen molar-refractivity contribution in [2.75, 3.05) is 5.32 Å². The third-order valence-corrected chi connectivity index (χ3v) is 3.96. The molecule has 1 aliphatic heterocycles. The third-order valence-electron chi connectivity index (χ3n) is 3.70. The Labute approximate surface area is 133 Å². The largest absolute Gasteiger partial charge is 0.324 e. The summed E-state index contributed by atoms with van der Waals surface area (Å²) in [6.07, 6.45) is 3.72. The zero-order valence-electron chi connectivity index (χ0n) is 11.6. The smallest absolute Gasteiger partial charge is 0.226 e. The molecule has 0 fully saturated rings. The van der Waals surface area contributed by atoms with Gasteiger partial charge in [-0.2, -0.15) is 10.1 Å². The van der Waals surface area contributed by atoms with Crippen LogP contribution in [0.15, 0.2) is 67.0 Å². The van der Waals surface area contributed by atoms with Crippen LogP contribution >= 0.6 is 11.6 Å². The Hall–Kier alpha value is -2.59. The third kappa shape index (κ3) is 2.27. The fourth-order valence-corrected chi connectivity index (χ4v) is 2.75. The number of hydrogen-bond donors (Lipinski definition) is 1. The maximum atomic E-state index is 5.97. The second-order valence-electron chi connectivity index (χ2n) is 5.10. The van der Waals surface area contributed by atoms with Crippen LogP contribution in [-0.4, -0.2) is 14.8 Å². The number of benzene rings is 2. The van der Waals surface area contributed by atoms with Gasteiger partial charge in [0.1, 0.15) is 12.4 Å². The van der Waals surface area contributed by atoms with Crippen molar-refractivity contribution >= 4 is 23.2 Å². The molecular weight excluding hydrogens is 296 g/mol. The second kappa shape index (κ2) is 5.31. The predicted molar refractivity (Wildman–Crippen MR) is 87.7 cm³/mol. The minimum atomic E-state index is 0.0191. The van der Waals surface area contributed by atoms with E-state index in [-0.39, 0.29) is 6.04 Å². The summed E-state index contributed by atoms with van der Waals surface area (Å²) in [5.74, 6) is 0.737. The molecular formula is C17H13ClN4. The van der Waals surface area contributed by atoms with Crippen molar-refractivity contribution in [1.82, 2.24) is 14.8 Å². The van der Waals surface area contributed by atoms with Gasteiger partial charge in [0, 0.05) is 10.7 Å². The van der Waals surface area contributed by atoms with Crippen LogP contribution in [0, 0.1) is 0 Å². The lowest BCUT2D eigenvalue weighted by atomic mass is 10.0. The normalized spacial score (nSPS) is 16.6. The molecule has 0 unspecified atom stereocenters. The number of hydrogen-bond acceptors (Lipinski definition) is 3. The summed E-state index contributed by atoms with van der Waals surface area (Å²) in [6, 6.07) is 18.0. The Morgan fingerprint density at radius 3 is 2.55 bits per heavy atom. The van der Waals surface area contributed by atoms with Gasteiger partial charge in [-0.1, -0.05) is 54.1 Å². The zero-order valence-corrected chi connectivity index (χ0v) is 12.4. The maximum absolute atomic E-state index is 5.97. The molecule has 0 spiro atoms. The average Bonchev–Trinajstić information content (AvgIpc) is 3.04. The number of rotatable bonds is 2. The summed E-state index contributed by atoms with van der Waals surface area (Å²) in [7, 11) is 0. The molecule has 1 atom stereocenters. The molecule has 108 valence electrons. The molecule has 2 aromatic carbocycles. The van der Waals surface area contributed by atoms with Gasteiger partial charge in [0.05, 0.1) is 0 Å². The first-order valence-corrected chi connectivity index (χ1v) is 7.38. The van der Waals surface area contributed by atoms with E-state index >= 15 is 0 Å². The van der Waals surface area contributed by atoms with Crippen molar-refractivity contribution in [3.05, 3.63) is 83.2 Å². The molecule has 3 aromatic rings. The van der Waals surface area contributed by atoms with E-state index in [2.05, 4.69) is 33.6 Å². The minimum absolute atomic E-state index is 0.0191. The number of nitrogens with one attached hydrogen (secondary N) is 1. The summed E-state index contributed by atoms with van der Waals surface area (Å²) in [4.78, 5) is 4.30. The van der Waals surface area contributed by atoms with Gasteiger partial charge in [-0.15, -0.1) is 0 Å². The highest BCUT2D eigenvalue weighted by molar-refractivity contribution is 6.30. The van der Waals surface area contributed by atoms with Crippen molar-refractivity contribution in [3.63, 3.8) is 0 Å². The lowest BCUT2D eigenvalue weighted by molar-refractivity contribution is 0.612. The van der Waals surface area contributed by atoms with Crippen molar-refractivity contribution < 1.29 is 0 Å². The minimum Gasteiger partial charge on any atom is -0.324 e. The molecule has 0 saturated carbocycles. The van der Waals surface area contributed by atoms with Gasteiger partial charge in [0.2, 0.25) is 5.95 Å². The Morgan fingerprint density at radius 2 is 1.77 bits per heavy atom. The fraction of sp³-hybridized carbons (Fsp3) is 0.0588. The SMILES string of the molecule is Clc1ccc(C2=C[C@H](c3ccccc3)n3ncnc3N2)cc1. The highest BCUT2D eigenvalue weighted by Crippen LogP contribution is 2.31. The van der Waals surface area contributed by atoms with Crippen molar-refractivity contribution in [2.45, 2.75) is 6.04 Å². The summed E-state index contributed by atoms with van der Waals surface area (Å²) in [5.41, 5.74) is 3.24. The molecule has 2 heterocycles. The Balaban J connectivity index is 1.81. The monoisotopic (exact) mass is 308 g/mol. The van der Waals surface area contributed by atoms with Crippen LogP contribution in [-0.2, 0) is 0 Å². The van der Waals surface area contributed by atoms with E-state index in [0.29, 0.717) is 0 Å². The first kappa shape index (κ1) is 13.1. The molecule has 22 heavy (non-hydrogen) atoms. The number of halogens is 1. The molecule has 1 aliphatic rings. The summed E-state index contributed by atoms with van der Waals surface area (Å²) < 4.78 is 1.88. The van der Waals surface area contributed by atoms with Gasteiger partial charge >= 0.3 is 0 Å². The summed E-state index contributed by atoms with van der Waals surface area (Å²) >= 11 is 5.97.